The molecule has 0 spiro atoms. The third-order valence-electron chi connectivity index (χ3n) is 3.91. The van der Waals surface area contributed by atoms with Gasteiger partial charge in [0.2, 0.25) is 17.7 Å². The number of thiophene rings is 1. The summed E-state index contributed by atoms with van der Waals surface area (Å²) in [5, 5.41) is 12.6. The van der Waals surface area contributed by atoms with Crippen molar-refractivity contribution in [2.75, 3.05) is 10.6 Å². The molecular weight excluding hydrogens is 408 g/mol. The molecule has 0 fully saturated rings. The number of thiazole rings is 1. The van der Waals surface area contributed by atoms with E-state index in [-0.39, 0.29) is 30.2 Å². The largest absolute Gasteiger partial charge is 0.348 e. The van der Waals surface area contributed by atoms with Crippen molar-refractivity contribution < 1.29 is 14.4 Å². The Balaban J connectivity index is 1.63. The number of rotatable bonds is 7. The van der Waals surface area contributed by atoms with E-state index in [1.807, 2.05) is 35.0 Å². The zero-order valence-corrected chi connectivity index (χ0v) is 17.5. The Morgan fingerprint density at radius 1 is 1.00 bits per heavy atom. The Bertz CT molecular complexity index is 997. The summed E-state index contributed by atoms with van der Waals surface area (Å²) < 4.78 is 0. The standard InChI is InChI=1S/C20H20N4O3S2/c1-12(25)21-15-7-5-14(6-8-15)17-11-29-20(23-17)24-19(27)10-16(22-13(2)26)18-4-3-9-28-18/h3-9,11,16H,10H2,1-2H3,(H,21,25)(H,22,26)(H,23,24,27)/t16-/m0/s1. The highest BCUT2D eigenvalue weighted by atomic mass is 32.1. The molecule has 3 N–H and O–H groups in total. The lowest BCUT2D eigenvalue weighted by molar-refractivity contribution is -0.120. The van der Waals surface area contributed by atoms with Gasteiger partial charge in [0.1, 0.15) is 0 Å². The summed E-state index contributed by atoms with van der Waals surface area (Å²) in [7, 11) is 0. The molecule has 29 heavy (non-hydrogen) atoms. The molecule has 0 saturated heterocycles. The fourth-order valence-corrected chi connectivity index (χ4v) is 4.22. The lowest BCUT2D eigenvalue weighted by Gasteiger charge is -2.15. The van der Waals surface area contributed by atoms with Gasteiger partial charge in [0.25, 0.3) is 0 Å². The van der Waals surface area contributed by atoms with Gasteiger partial charge in [0.15, 0.2) is 5.13 Å². The summed E-state index contributed by atoms with van der Waals surface area (Å²) in [6, 6.07) is 10.7. The number of carbonyl (C=O) groups excluding carboxylic acids is 3. The van der Waals surface area contributed by atoms with E-state index in [1.165, 1.54) is 36.5 Å². The monoisotopic (exact) mass is 428 g/mol. The number of hydrogen-bond acceptors (Lipinski definition) is 6. The molecular formula is C20H20N4O3S2. The molecule has 0 aliphatic carbocycles. The maximum atomic E-state index is 12.5. The average Bonchev–Trinajstić information content (AvgIpc) is 3.33. The highest BCUT2D eigenvalue weighted by Crippen LogP contribution is 2.27. The summed E-state index contributed by atoms with van der Waals surface area (Å²) in [6.07, 6.45) is 0.125. The zero-order valence-electron chi connectivity index (χ0n) is 15.9. The normalized spacial score (nSPS) is 11.5. The fourth-order valence-electron chi connectivity index (χ4n) is 2.70. The molecule has 3 amide bonds. The molecule has 3 aromatic rings. The highest BCUT2D eigenvalue weighted by Gasteiger charge is 2.19. The van der Waals surface area contributed by atoms with Crippen molar-refractivity contribution in [1.82, 2.24) is 10.3 Å². The maximum Gasteiger partial charge on any atom is 0.228 e. The lowest BCUT2D eigenvalue weighted by Crippen LogP contribution is -2.29. The molecule has 1 atom stereocenters. The minimum atomic E-state index is -0.367. The van der Waals surface area contributed by atoms with Gasteiger partial charge in [0, 0.05) is 35.4 Å². The molecule has 0 aliphatic heterocycles. The maximum absolute atomic E-state index is 12.5. The van der Waals surface area contributed by atoms with Crippen molar-refractivity contribution in [3.8, 4) is 11.3 Å². The van der Waals surface area contributed by atoms with Crippen LogP contribution in [0.2, 0.25) is 0 Å². The Morgan fingerprint density at radius 2 is 1.76 bits per heavy atom. The number of amides is 3. The number of anilines is 2. The van der Waals surface area contributed by atoms with E-state index < -0.39 is 0 Å². The van der Waals surface area contributed by atoms with Crippen LogP contribution in [0.5, 0.6) is 0 Å². The molecule has 0 unspecified atom stereocenters. The third-order valence-corrected chi connectivity index (χ3v) is 5.65. The van der Waals surface area contributed by atoms with Crippen LogP contribution < -0.4 is 16.0 Å². The van der Waals surface area contributed by atoms with Crippen LogP contribution in [0.25, 0.3) is 11.3 Å². The quantitative estimate of drug-likeness (QED) is 0.529. The average molecular weight is 429 g/mol. The molecule has 7 nitrogen and oxygen atoms in total. The molecule has 150 valence electrons. The van der Waals surface area contributed by atoms with Crippen LogP contribution in [0.1, 0.15) is 31.2 Å². The van der Waals surface area contributed by atoms with E-state index in [0.717, 1.165) is 16.1 Å². The van der Waals surface area contributed by atoms with Gasteiger partial charge in [-0.25, -0.2) is 4.98 Å². The molecule has 0 bridgehead atoms. The van der Waals surface area contributed by atoms with E-state index >= 15 is 0 Å². The molecule has 0 saturated carbocycles. The molecule has 0 aliphatic rings. The summed E-state index contributed by atoms with van der Waals surface area (Å²) in [6.45, 7) is 2.89. The van der Waals surface area contributed by atoms with E-state index in [9.17, 15) is 14.4 Å². The number of carbonyl (C=O) groups is 3. The second kappa shape index (κ2) is 9.44. The van der Waals surface area contributed by atoms with Gasteiger partial charge < -0.3 is 16.0 Å². The van der Waals surface area contributed by atoms with Crippen LogP contribution in [0, 0.1) is 0 Å². The molecule has 3 rings (SSSR count). The third kappa shape index (κ3) is 5.97. The second-order valence-corrected chi connectivity index (χ2v) is 8.15. The molecule has 0 radical (unpaired) electrons. The first-order valence-corrected chi connectivity index (χ1v) is 10.6. The van der Waals surface area contributed by atoms with E-state index in [2.05, 4.69) is 20.9 Å². The van der Waals surface area contributed by atoms with Crippen molar-refractivity contribution in [3.63, 3.8) is 0 Å². The van der Waals surface area contributed by atoms with Gasteiger partial charge >= 0.3 is 0 Å². The minimum Gasteiger partial charge on any atom is -0.348 e. The van der Waals surface area contributed by atoms with Crippen molar-refractivity contribution in [1.29, 1.82) is 0 Å². The number of benzene rings is 1. The van der Waals surface area contributed by atoms with Crippen LogP contribution in [-0.4, -0.2) is 22.7 Å². The summed E-state index contributed by atoms with van der Waals surface area (Å²) >= 11 is 2.82. The first-order valence-electron chi connectivity index (χ1n) is 8.84. The number of nitrogens with zero attached hydrogens (tertiary/aromatic N) is 1. The van der Waals surface area contributed by atoms with Crippen molar-refractivity contribution in [2.24, 2.45) is 0 Å². The second-order valence-electron chi connectivity index (χ2n) is 6.32. The van der Waals surface area contributed by atoms with Crippen LogP contribution in [-0.2, 0) is 14.4 Å². The van der Waals surface area contributed by atoms with Gasteiger partial charge in [-0.2, -0.15) is 0 Å². The summed E-state index contributed by atoms with van der Waals surface area (Å²) in [4.78, 5) is 40.4. The van der Waals surface area contributed by atoms with Crippen LogP contribution in [0.4, 0.5) is 10.8 Å². The summed E-state index contributed by atoms with van der Waals surface area (Å²) in [5.74, 6) is -0.536. The first-order chi connectivity index (χ1) is 13.9. The Labute approximate surface area is 176 Å². The summed E-state index contributed by atoms with van der Waals surface area (Å²) in [5.41, 5.74) is 2.32. The zero-order chi connectivity index (χ0) is 20.8. The van der Waals surface area contributed by atoms with Crippen molar-refractivity contribution in [3.05, 3.63) is 52.0 Å². The smallest absolute Gasteiger partial charge is 0.228 e. The highest BCUT2D eigenvalue weighted by molar-refractivity contribution is 7.14. The predicted molar refractivity (Wildman–Crippen MR) is 116 cm³/mol. The molecule has 1 aromatic carbocycles. The number of aromatic nitrogens is 1. The first kappa shape index (κ1) is 20.7. The SMILES string of the molecule is CC(=O)Nc1ccc(-c2csc(NC(=O)C[C@H](NC(C)=O)c3cccs3)n2)cc1. The van der Waals surface area contributed by atoms with Gasteiger partial charge in [-0.15, -0.1) is 22.7 Å². The van der Waals surface area contributed by atoms with Gasteiger partial charge in [0.05, 0.1) is 18.2 Å². The molecule has 2 aromatic heterocycles. The van der Waals surface area contributed by atoms with Crippen LogP contribution in [0.15, 0.2) is 47.2 Å². The Kier molecular flexibility index (Phi) is 6.73. The lowest BCUT2D eigenvalue weighted by atomic mass is 10.1. The van der Waals surface area contributed by atoms with Crippen LogP contribution in [0.3, 0.4) is 0 Å². The van der Waals surface area contributed by atoms with Gasteiger partial charge in [-0.3, -0.25) is 14.4 Å². The Morgan fingerprint density at radius 3 is 2.38 bits per heavy atom. The molecule has 2 heterocycles. The molecule has 9 heteroatoms. The van der Waals surface area contributed by atoms with E-state index in [1.54, 1.807) is 12.1 Å². The number of hydrogen-bond donors (Lipinski definition) is 3. The Hall–Kier alpha value is -3.04. The van der Waals surface area contributed by atoms with E-state index in [0.29, 0.717) is 10.8 Å². The fraction of sp³-hybridized carbons (Fsp3) is 0.200. The van der Waals surface area contributed by atoms with Gasteiger partial charge in [-0.05, 0) is 23.6 Å². The van der Waals surface area contributed by atoms with E-state index in [4.69, 9.17) is 0 Å². The topological polar surface area (TPSA) is 100 Å². The van der Waals surface area contributed by atoms with Crippen LogP contribution >= 0.6 is 22.7 Å². The number of nitrogens with one attached hydrogen (secondary N) is 3. The predicted octanol–water partition coefficient (Wildman–Crippen LogP) is 4.04. The van der Waals surface area contributed by atoms with Crippen molar-refractivity contribution >= 4 is 51.2 Å². The van der Waals surface area contributed by atoms with Crippen molar-refractivity contribution in [2.45, 2.75) is 26.3 Å². The minimum absolute atomic E-state index is 0.125. The van der Waals surface area contributed by atoms with Gasteiger partial charge in [-0.1, -0.05) is 18.2 Å².